The lowest BCUT2D eigenvalue weighted by atomic mass is 9.84. The lowest BCUT2D eigenvalue weighted by Gasteiger charge is -2.25. The van der Waals surface area contributed by atoms with Crippen LogP contribution in [0.15, 0.2) is 23.2 Å². The fourth-order valence-corrected chi connectivity index (χ4v) is 2.12. The smallest absolute Gasteiger partial charge is 0.231 e. The van der Waals surface area contributed by atoms with Crippen molar-refractivity contribution >= 4 is 29.9 Å². The molecule has 1 heterocycles. The second kappa shape index (κ2) is 6.93. The Hall–Kier alpha value is -1.18. The van der Waals surface area contributed by atoms with Crippen LogP contribution < -0.4 is 20.5 Å². The van der Waals surface area contributed by atoms with Gasteiger partial charge < -0.3 is 20.5 Å². The molecule has 5 nitrogen and oxygen atoms in total. The van der Waals surface area contributed by atoms with E-state index >= 15 is 0 Å². The van der Waals surface area contributed by atoms with Crippen LogP contribution in [0.2, 0.25) is 0 Å². The molecule has 1 aliphatic heterocycles. The molecule has 3 N–H and O–H groups in total. The van der Waals surface area contributed by atoms with Crippen molar-refractivity contribution in [1.82, 2.24) is 5.32 Å². The summed E-state index contributed by atoms with van der Waals surface area (Å²) >= 11 is 0. The summed E-state index contributed by atoms with van der Waals surface area (Å²) < 4.78 is 10.8. The number of guanidine groups is 1. The predicted octanol–water partition coefficient (Wildman–Crippen LogP) is 3.01. The number of nitrogens with zero attached hydrogens (tertiary/aromatic N) is 1. The third-order valence-corrected chi connectivity index (χ3v) is 3.30. The Kier molecular flexibility index (Phi) is 5.95. The molecule has 0 bridgehead atoms. The van der Waals surface area contributed by atoms with E-state index in [1.807, 2.05) is 12.1 Å². The van der Waals surface area contributed by atoms with Gasteiger partial charge in [-0.1, -0.05) is 19.9 Å². The van der Waals surface area contributed by atoms with Gasteiger partial charge in [0.25, 0.3) is 0 Å². The molecule has 6 heteroatoms. The standard InChI is InChI=1S/C16H25N3O2.HI/c1-15(2,3)19-14(17)18-9-16(4,5)11-6-7-12-13(8-11)21-10-20-12;/h6-8H,9-10H2,1-5H3,(H3,17,18,19);1H. The number of halogens is 1. The highest BCUT2D eigenvalue weighted by molar-refractivity contribution is 14.0. The molecule has 1 aromatic carbocycles. The third kappa shape index (κ3) is 4.93. The Morgan fingerprint density at radius 1 is 1.18 bits per heavy atom. The van der Waals surface area contributed by atoms with Gasteiger partial charge in [0.2, 0.25) is 6.79 Å². The van der Waals surface area contributed by atoms with E-state index in [1.54, 1.807) is 0 Å². The number of aliphatic imine (C=N–C) groups is 1. The largest absolute Gasteiger partial charge is 0.454 e. The van der Waals surface area contributed by atoms with Gasteiger partial charge in [0.1, 0.15) is 0 Å². The number of ether oxygens (including phenoxy) is 2. The lowest BCUT2D eigenvalue weighted by Crippen LogP contribution is -2.45. The predicted molar refractivity (Wildman–Crippen MR) is 100 cm³/mol. The van der Waals surface area contributed by atoms with Crippen LogP contribution in [0.3, 0.4) is 0 Å². The molecule has 2 rings (SSSR count). The van der Waals surface area contributed by atoms with E-state index in [4.69, 9.17) is 15.2 Å². The summed E-state index contributed by atoms with van der Waals surface area (Å²) in [6.07, 6.45) is 0. The van der Waals surface area contributed by atoms with Crippen molar-refractivity contribution < 1.29 is 9.47 Å². The van der Waals surface area contributed by atoms with Crippen LogP contribution in [0.1, 0.15) is 40.2 Å². The molecule has 0 aliphatic carbocycles. The lowest BCUT2D eigenvalue weighted by molar-refractivity contribution is 0.174. The molecule has 0 unspecified atom stereocenters. The van der Waals surface area contributed by atoms with E-state index in [1.165, 1.54) is 0 Å². The minimum Gasteiger partial charge on any atom is -0.454 e. The Bertz CT molecular complexity index is 551. The zero-order chi connectivity index (χ0) is 15.7. The Morgan fingerprint density at radius 3 is 2.45 bits per heavy atom. The van der Waals surface area contributed by atoms with Crippen LogP contribution >= 0.6 is 24.0 Å². The van der Waals surface area contributed by atoms with Crippen LogP contribution in [0.5, 0.6) is 11.5 Å². The first-order valence-electron chi connectivity index (χ1n) is 7.16. The number of nitrogens with two attached hydrogens (primary N) is 1. The van der Waals surface area contributed by atoms with Crippen molar-refractivity contribution in [2.45, 2.75) is 45.6 Å². The molecule has 0 saturated carbocycles. The average molecular weight is 419 g/mol. The number of fused-ring (bicyclic) bond motifs is 1. The maximum atomic E-state index is 5.93. The zero-order valence-electron chi connectivity index (χ0n) is 13.9. The quantitative estimate of drug-likeness (QED) is 0.449. The van der Waals surface area contributed by atoms with Crippen molar-refractivity contribution in [3.05, 3.63) is 23.8 Å². The maximum absolute atomic E-state index is 5.93. The van der Waals surface area contributed by atoms with Crippen molar-refractivity contribution in [3.8, 4) is 11.5 Å². The van der Waals surface area contributed by atoms with Gasteiger partial charge in [0.15, 0.2) is 17.5 Å². The first-order valence-corrected chi connectivity index (χ1v) is 7.16. The highest BCUT2D eigenvalue weighted by Crippen LogP contribution is 2.36. The molecule has 0 spiro atoms. The van der Waals surface area contributed by atoms with E-state index < -0.39 is 0 Å². The first-order chi connectivity index (χ1) is 9.67. The number of benzene rings is 1. The van der Waals surface area contributed by atoms with Gasteiger partial charge >= 0.3 is 0 Å². The molecule has 1 aromatic rings. The molecule has 0 aromatic heterocycles. The van der Waals surface area contributed by atoms with Crippen molar-refractivity contribution in [2.75, 3.05) is 13.3 Å². The normalized spacial score (nSPS) is 14.5. The highest BCUT2D eigenvalue weighted by atomic mass is 127. The van der Waals surface area contributed by atoms with E-state index in [0.29, 0.717) is 19.3 Å². The number of nitrogens with one attached hydrogen (secondary N) is 1. The topological polar surface area (TPSA) is 68.9 Å². The summed E-state index contributed by atoms with van der Waals surface area (Å²) in [4.78, 5) is 4.46. The summed E-state index contributed by atoms with van der Waals surface area (Å²) in [6.45, 7) is 11.3. The van der Waals surface area contributed by atoms with E-state index in [-0.39, 0.29) is 34.9 Å². The highest BCUT2D eigenvalue weighted by Gasteiger charge is 2.24. The van der Waals surface area contributed by atoms with Crippen LogP contribution in [0, 0.1) is 0 Å². The van der Waals surface area contributed by atoms with E-state index in [2.05, 4.69) is 51.0 Å². The monoisotopic (exact) mass is 419 g/mol. The molecule has 0 amide bonds. The molecule has 124 valence electrons. The fraction of sp³-hybridized carbons (Fsp3) is 0.562. The number of hydrogen-bond donors (Lipinski definition) is 2. The van der Waals surface area contributed by atoms with Gasteiger partial charge in [-0.05, 0) is 38.5 Å². The van der Waals surface area contributed by atoms with Crippen LogP contribution in [-0.2, 0) is 5.41 Å². The van der Waals surface area contributed by atoms with Crippen LogP contribution in [0.4, 0.5) is 0 Å². The SMILES string of the molecule is CC(C)(C)NC(N)=NCC(C)(C)c1ccc2c(c1)OCO2.I. The molecule has 0 atom stereocenters. The minimum absolute atomic E-state index is 0. The summed E-state index contributed by atoms with van der Waals surface area (Å²) in [7, 11) is 0. The second-order valence-electron chi connectivity index (χ2n) is 7.03. The Labute approximate surface area is 149 Å². The molecule has 0 fully saturated rings. The molecule has 22 heavy (non-hydrogen) atoms. The van der Waals surface area contributed by atoms with E-state index in [9.17, 15) is 0 Å². The summed E-state index contributed by atoms with van der Waals surface area (Å²) in [5, 5.41) is 3.17. The minimum atomic E-state index is -0.134. The van der Waals surface area contributed by atoms with Gasteiger partial charge in [0.05, 0.1) is 6.54 Å². The summed E-state index contributed by atoms with van der Waals surface area (Å²) in [5.74, 6) is 2.06. The number of rotatable bonds is 3. The van der Waals surface area contributed by atoms with Gasteiger partial charge in [-0.3, -0.25) is 4.99 Å². The molecule has 1 aliphatic rings. The average Bonchev–Trinajstić information content (AvgIpc) is 2.81. The van der Waals surface area contributed by atoms with Crippen molar-refractivity contribution in [3.63, 3.8) is 0 Å². The van der Waals surface area contributed by atoms with Crippen molar-refractivity contribution in [1.29, 1.82) is 0 Å². The molecular weight excluding hydrogens is 393 g/mol. The molecule has 0 saturated heterocycles. The van der Waals surface area contributed by atoms with Crippen LogP contribution in [0.25, 0.3) is 0 Å². The fourth-order valence-electron chi connectivity index (χ4n) is 2.12. The van der Waals surface area contributed by atoms with E-state index in [0.717, 1.165) is 17.1 Å². The first kappa shape index (κ1) is 18.9. The molecule has 0 radical (unpaired) electrons. The second-order valence-corrected chi connectivity index (χ2v) is 7.03. The van der Waals surface area contributed by atoms with Gasteiger partial charge in [0, 0.05) is 11.0 Å². The summed E-state index contributed by atoms with van der Waals surface area (Å²) in [5.41, 5.74) is 6.86. The third-order valence-electron chi connectivity index (χ3n) is 3.30. The summed E-state index contributed by atoms with van der Waals surface area (Å²) in [6, 6.07) is 6.02. The maximum Gasteiger partial charge on any atom is 0.231 e. The number of hydrogen-bond acceptors (Lipinski definition) is 3. The Balaban J connectivity index is 0.00000242. The van der Waals surface area contributed by atoms with Gasteiger partial charge in [-0.15, -0.1) is 24.0 Å². The molecular formula is C16H26IN3O2. The van der Waals surface area contributed by atoms with Gasteiger partial charge in [-0.25, -0.2) is 0 Å². The Morgan fingerprint density at radius 2 is 1.82 bits per heavy atom. The van der Waals surface area contributed by atoms with Gasteiger partial charge in [-0.2, -0.15) is 0 Å². The van der Waals surface area contributed by atoms with Crippen LogP contribution in [-0.4, -0.2) is 24.8 Å². The van der Waals surface area contributed by atoms with Crippen molar-refractivity contribution in [2.24, 2.45) is 10.7 Å². The zero-order valence-corrected chi connectivity index (χ0v) is 16.2.